The molecule has 0 saturated carbocycles. The van der Waals surface area contributed by atoms with E-state index in [1.165, 1.54) is 0 Å². The Morgan fingerprint density at radius 3 is 2.61 bits per heavy atom. The SMILES string of the molecule is Cc1cc(NC(=O)CN(Cc2ccccc2)CC(C)(C)O)no1. The summed E-state index contributed by atoms with van der Waals surface area (Å²) in [6, 6.07) is 11.5. The molecule has 1 heterocycles. The first-order chi connectivity index (χ1) is 10.8. The van der Waals surface area contributed by atoms with E-state index in [2.05, 4.69) is 10.5 Å². The molecule has 0 spiro atoms. The zero-order valence-electron chi connectivity index (χ0n) is 13.7. The molecule has 1 amide bonds. The molecule has 2 aromatic rings. The lowest BCUT2D eigenvalue weighted by Crippen LogP contribution is -2.42. The minimum absolute atomic E-state index is 0.158. The number of aryl methyl sites for hydroxylation is 1. The van der Waals surface area contributed by atoms with Gasteiger partial charge in [0.05, 0.1) is 12.1 Å². The molecule has 1 aromatic carbocycles. The molecular formula is C17H23N3O3. The Balaban J connectivity index is 2.00. The van der Waals surface area contributed by atoms with Crippen LogP contribution in [0.2, 0.25) is 0 Å². The molecule has 6 nitrogen and oxygen atoms in total. The summed E-state index contributed by atoms with van der Waals surface area (Å²) in [6.07, 6.45) is 0. The third-order valence-corrected chi connectivity index (χ3v) is 3.12. The first-order valence-electron chi connectivity index (χ1n) is 7.54. The Labute approximate surface area is 136 Å². The number of rotatable bonds is 7. The van der Waals surface area contributed by atoms with Gasteiger partial charge >= 0.3 is 0 Å². The third-order valence-electron chi connectivity index (χ3n) is 3.12. The van der Waals surface area contributed by atoms with Gasteiger partial charge in [-0.25, -0.2) is 0 Å². The molecule has 2 rings (SSSR count). The standard InChI is InChI=1S/C17H23N3O3/c1-13-9-15(19-23-13)18-16(21)11-20(12-17(2,3)22)10-14-7-5-4-6-8-14/h4-9,22H,10-12H2,1-3H3,(H,18,19,21). The molecule has 0 aliphatic rings. The number of nitrogens with zero attached hydrogens (tertiary/aromatic N) is 2. The third kappa shape index (κ3) is 6.22. The first-order valence-corrected chi connectivity index (χ1v) is 7.54. The van der Waals surface area contributed by atoms with Crippen LogP contribution in [0.1, 0.15) is 25.2 Å². The predicted octanol–water partition coefficient (Wildman–Crippen LogP) is 2.19. The quantitative estimate of drug-likeness (QED) is 0.818. The monoisotopic (exact) mass is 317 g/mol. The normalized spacial score (nSPS) is 11.7. The van der Waals surface area contributed by atoms with Crippen LogP contribution in [0, 0.1) is 6.92 Å². The number of nitrogens with one attached hydrogen (secondary N) is 1. The van der Waals surface area contributed by atoms with Crippen LogP contribution in [-0.4, -0.2) is 39.8 Å². The van der Waals surface area contributed by atoms with Crippen LogP contribution < -0.4 is 5.32 Å². The van der Waals surface area contributed by atoms with Gasteiger partial charge in [-0.2, -0.15) is 0 Å². The second-order valence-electron chi connectivity index (χ2n) is 6.31. The van der Waals surface area contributed by atoms with Crippen molar-refractivity contribution in [1.29, 1.82) is 0 Å². The Morgan fingerprint density at radius 1 is 1.35 bits per heavy atom. The summed E-state index contributed by atoms with van der Waals surface area (Å²) in [7, 11) is 0. The van der Waals surface area contributed by atoms with Crippen molar-refractivity contribution in [1.82, 2.24) is 10.1 Å². The number of benzene rings is 1. The fraction of sp³-hybridized carbons (Fsp3) is 0.412. The van der Waals surface area contributed by atoms with Gasteiger partial charge in [-0.1, -0.05) is 35.5 Å². The number of aromatic nitrogens is 1. The van der Waals surface area contributed by atoms with E-state index >= 15 is 0 Å². The number of carbonyl (C=O) groups is 1. The highest BCUT2D eigenvalue weighted by Crippen LogP contribution is 2.11. The minimum atomic E-state index is -0.889. The number of carbonyl (C=O) groups excluding carboxylic acids is 1. The molecule has 1 aromatic heterocycles. The van der Waals surface area contributed by atoms with Crippen LogP contribution in [0.25, 0.3) is 0 Å². The number of aliphatic hydroxyl groups is 1. The summed E-state index contributed by atoms with van der Waals surface area (Å²) >= 11 is 0. The highest BCUT2D eigenvalue weighted by Gasteiger charge is 2.21. The lowest BCUT2D eigenvalue weighted by atomic mass is 10.1. The van der Waals surface area contributed by atoms with E-state index in [0.717, 1.165) is 5.56 Å². The maximum absolute atomic E-state index is 12.2. The summed E-state index contributed by atoms with van der Waals surface area (Å²) in [4.78, 5) is 14.1. The highest BCUT2D eigenvalue weighted by atomic mass is 16.5. The fourth-order valence-electron chi connectivity index (χ4n) is 2.37. The van der Waals surface area contributed by atoms with Crippen molar-refractivity contribution in [2.45, 2.75) is 32.9 Å². The van der Waals surface area contributed by atoms with E-state index < -0.39 is 5.60 Å². The first kappa shape index (κ1) is 17.2. The summed E-state index contributed by atoms with van der Waals surface area (Å²) < 4.78 is 4.93. The molecule has 0 aliphatic carbocycles. The van der Waals surface area contributed by atoms with Crippen LogP contribution >= 0.6 is 0 Å². The fourth-order valence-corrected chi connectivity index (χ4v) is 2.37. The van der Waals surface area contributed by atoms with Gasteiger partial charge in [0.15, 0.2) is 5.82 Å². The van der Waals surface area contributed by atoms with Crippen LogP contribution in [0.15, 0.2) is 40.9 Å². The van der Waals surface area contributed by atoms with Crippen molar-refractivity contribution >= 4 is 11.7 Å². The zero-order valence-corrected chi connectivity index (χ0v) is 13.7. The topological polar surface area (TPSA) is 78.6 Å². The molecule has 0 bridgehead atoms. The summed E-state index contributed by atoms with van der Waals surface area (Å²) in [5.74, 6) is 0.840. The van der Waals surface area contributed by atoms with E-state index in [-0.39, 0.29) is 12.5 Å². The molecule has 6 heteroatoms. The molecule has 124 valence electrons. The van der Waals surface area contributed by atoms with Crippen molar-refractivity contribution in [3.8, 4) is 0 Å². The Morgan fingerprint density at radius 2 is 2.04 bits per heavy atom. The number of hydrogen-bond acceptors (Lipinski definition) is 5. The number of amides is 1. The maximum Gasteiger partial charge on any atom is 0.239 e. The Hall–Kier alpha value is -2.18. The molecule has 0 saturated heterocycles. The minimum Gasteiger partial charge on any atom is -0.389 e. The van der Waals surface area contributed by atoms with Crippen molar-refractivity contribution in [3.05, 3.63) is 47.7 Å². The smallest absolute Gasteiger partial charge is 0.239 e. The average molecular weight is 317 g/mol. The second kappa shape index (κ2) is 7.39. The van der Waals surface area contributed by atoms with Crippen LogP contribution in [-0.2, 0) is 11.3 Å². The predicted molar refractivity (Wildman–Crippen MR) is 87.9 cm³/mol. The summed E-state index contributed by atoms with van der Waals surface area (Å²) in [5, 5.41) is 16.5. The summed E-state index contributed by atoms with van der Waals surface area (Å²) in [6.45, 7) is 6.33. The van der Waals surface area contributed by atoms with Crippen LogP contribution in [0.5, 0.6) is 0 Å². The van der Waals surface area contributed by atoms with Crippen LogP contribution in [0.3, 0.4) is 0 Å². The van der Waals surface area contributed by atoms with E-state index in [9.17, 15) is 9.90 Å². The summed E-state index contributed by atoms with van der Waals surface area (Å²) in [5.41, 5.74) is 0.196. The Bertz CT molecular complexity index is 632. The van der Waals surface area contributed by atoms with Gasteiger partial charge in [0.25, 0.3) is 0 Å². The van der Waals surface area contributed by atoms with E-state index in [4.69, 9.17) is 4.52 Å². The molecular weight excluding hydrogens is 294 g/mol. The molecule has 0 radical (unpaired) electrons. The largest absolute Gasteiger partial charge is 0.389 e. The van der Waals surface area contributed by atoms with Gasteiger partial charge in [0.1, 0.15) is 5.76 Å². The van der Waals surface area contributed by atoms with Crippen LogP contribution in [0.4, 0.5) is 5.82 Å². The molecule has 0 fully saturated rings. The molecule has 2 N–H and O–H groups in total. The van der Waals surface area contributed by atoms with Crippen molar-refractivity contribution < 1.29 is 14.4 Å². The highest BCUT2D eigenvalue weighted by molar-refractivity contribution is 5.91. The number of anilines is 1. The van der Waals surface area contributed by atoms with E-state index in [1.54, 1.807) is 26.8 Å². The lowest BCUT2D eigenvalue weighted by molar-refractivity contribution is -0.118. The second-order valence-corrected chi connectivity index (χ2v) is 6.31. The average Bonchev–Trinajstić information content (AvgIpc) is 2.83. The molecule has 0 unspecified atom stereocenters. The van der Waals surface area contributed by atoms with Gasteiger partial charge in [-0.05, 0) is 26.3 Å². The van der Waals surface area contributed by atoms with E-state index in [0.29, 0.717) is 24.7 Å². The van der Waals surface area contributed by atoms with Gasteiger partial charge in [-0.3, -0.25) is 9.69 Å². The van der Waals surface area contributed by atoms with Gasteiger partial charge < -0.3 is 14.9 Å². The van der Waals surface area contributed by atoms with Crippen molar-refractivity contribution in [2.75, 3.05) is 18.4 Å². The van der Waals surface area contributed by atoms with Gasteiger partial charge in [0.2, 0.25) is 5.91 Å². The molecule has 23 heavy (non-hydrogen) atoms. The van der Waals surface area contributed by atoms with Crippen molar-refractivity contribution in [3.63, 3.8) is 0 Å². The Kier molecular flexibility index (Phi) is 5.52. The van der Waals surface area contributed by atoms with Crippen molar-refractivity contribution in [2.24, 2.45) is 0 Å². The van der Waals surface area contributed by atoms with E-state index in [1.807, 2.05) is 35.2 Å². The zero-order chi connectivity index (χ0) is 16.9. The number of hydrogen-bond donors (Lipinski definition) is 2. The maximum atomic E-state index is 12.2. The van der Waals surface area contributed by atoms with Gasteiger partial charge in [-0.15, -0.1) is 0 Å². The lowest BCUT2D eigenvalue weighted by Gasteiger charge is -2.28. The molecule has 0 aliphatic heterocycles. The molecule has 0 atom stereocenters. The van der Waals surface area contributed by atoms with Gasteiger partial charge in [0, 0.05) is 19.2 Å².